The van der Waals surface area contributed by atoms with E-state index in [1.54, 1.807) is 5.06 Å². The molecule has 1 saturated carbocycles. The van der Waals surface area contributed by atoms with Gasteiger partial charge in [-0.25, -0.2) is 0 Å². The summed E-state index contributed by atoms with van der Waals surface area (Å²) in [5.41, 5.74) is 0. The van der Waals surface area contributed by atoms with Gasteiger partial charge in [0.25, 0.3) is 0 Å². The Hall–Kier alpha value is 0.650. The molecule has 0 amide bonds. The average molecular weight is 295 g/mol. The minimum Gasteiger partial charge on any atom is -0.313 e. The molecule has 1 N–H and O–H groups in total. The van der Waals surface area contributed by atoms with Crippen molar-refractivity contribution >= 4 is 22.6 Å². The Morgan fingerprint density at radius 1 is 1.23 bits per heavy atom. The van der Waals surface area contributed by atoms with E-state index in [0.717, 1.165) is 15.8 Å². The van der Waals surface area contributed by atoms with E-state index in [1.807, 2.05) is 0 Å². The minimum atomic E-state index is 0.369. The number of alkyl halides is 1. The van der Waals surface area contributed by atoms with Gasteiger partial charge in [-0.05, 0) is 38.0 Å². The van der Waals surface area contributed by atoms with Gasteiger partial charge in [0.05, 0.1) is 0 Å². The van der Waals surface area contributed by atoms with E-state index >= 15 is 0 Å². The lowest BCUT2D eigenvalue weighted by Gasteiger charge is -2.48. The van der Waals surface area contributed by atoms with Crippen molar-refractivity contribution in [2.24, 2.45) is 11.8 Å². The molecule has 1 heterocycles. The Morgan fingerprint density at radius 3 is 2.62 bits per heavy atom. The second kappa shape index (κ2) is 3.66. The third-order valence-corrected chi connectivity index (χ3v) is 5.93. The molecule has 2 rings (SSSR count). The fourth-order valence-electron chi connectivity index (χ4n) is 2.95. The van der Waals surface area contributed by atoms with E-state index in [0.29, 0.717) is 12.1 Å². The fraction of sp³-hybridized carbons (Fsp3) is 1.00. The number of fused-ring (bicyclic) bond motifs is 2. The zero-order chi connectivity index (χ0) is 9.59. The summed E-state index contributed by atoms with van der Waals surface area (Å²) in [4.78, 5) is 0. The Labute approximate surface area is 93.8 Å². The molecule has 2 nitrogen and oxygen atoms in total. The summed E-state index contributed by atoms with van der Waals surface area (Å²) in [5.74, 6) is 1.61. The summed E-state index contributed by atoms with van der Waals surface area (Å²) in [7, 11) is 0. The van der Waals surface area contributed by atoms with Crippen molar-refractivity contribution < 1.29 is 5.21 Å². The lowest BCUT2D eigenvalue weighted by Crippen LogP contribution is -2.52. The van der Waals surface area contributed by atoms with Crippen LogP contribution in [-0.2, 0) is 0 Å². The predicted molar refractivity (Wildman–Crippen MR) is 61.2 cm³/mol. The number of hydroxylamine groups is 2. The molecule has 1 aliphatic heterocycles. The van der Waals surface area contributed by atoms with E-state index in [4.69, 9.17) is 0 Å². The van der Waals surface area contributed by atoms with Crippen molar-refractivity contribution in [1.29, 1.82) is 0 Å². The van der Waals surface area contributed by atoms with Crippen LogP contribution in [0.15, 0.2) is 0 Å². The molecule has 2 aliphatic rings. The van der Waals surface area contributed by atoms with Crippen molar-refractivity contribution in [2.45, 2.75) is 49.1 Å². The molecule has 5 unspecified atom stereocenters. The quantitative estimate of drug-likeness (QED) is 0.548. The third-order valence-electron chi connectivity index (χ3n) is 3.68. The summed E-state index contributed by atoms with van der Waals surface area (Å²) in [6, 6.07) is 0.809. The van der Waals surface area contributed by atoms with Crippen LogP contribution in [0.1, 0.15) is 33.1 Å². The second-order valence-electron chi connectivity index (χ2n) is 4.77. The molecule has 5 atom stereocenters. The minimum absolute atomic E-state index is 0.369. The molecule has 0 spiro atoms. The van der Waals surface area contributed by atoms with Gasteiger partial charge in [-0.1, -0.05) is 29.5 Å². The number of piperidine rings is 1. The number of hydrogen-bond donors (Lipinski definition) is 1. The summed E-state index contributed by atoms with van der Waals surface area (Å²) in [6.07, 6.45) is 3.55. The monoisotopic (exact) mass is 295 g/mol. The molecular formula is C10H18INO. The number of nitrogens with zero attached hydrogens (tertiary/aromatic N) is 1. The molecule has 3 heteroatoms. The lowest BCUT2D eigenvalue weighted by molar-refractivity contribution is -0.193. The number of hydrogen-bond acceptors (Lipinski definition) is 2. The van der Waals surface area contributed by atoms with Crippen LogP contribution in [-0.4, -0.2) is 26.3 Å². The SMILES string of the molecule is CC1CC2CC(CC(C)N2O)C1I. The largest absolute Gasteiger partial charge is 0.313 e. The second-order valence-corrected chi connectivity index (χ2v) is 6.21. The first-order valence-electron chi connectivity index (χ1n) is 5.21. The van der Waals surface area contributed by atoms with Gasteiger partial charge in [0.2, 0.25) is 0 Å². The van der Waals surface area contributed by atoms with Crippen molar-refractivity contribution in [2.75, 3.05) is 0 Å². The highest BCUT2D eigenvalue weighted by Crippen LogP contribution is 2.43. The Morgan fingerprint density at radius 2 is 1.92 bits per heavy atom. The van der Waals surface area contributed by atoms with Gasteiger partial charge >= 0.3 is 0 Å². The Kier molecular flexibility index (Phi) is 2.87. The van der Waals surface area contributed by atoms with Gasteiger partial charge in [-0.2, -0.15) is 5.06 Å². The predicted octanol–water partition coefficient (Wildman–Crippen LogP) is 2.69. The van der Waals surface area contributed by atoms with E-state index in [1.165, 1.54) is 19.3 Å². The molecule has 1 aliphatic carbocycles. The van der Waals surface area contributed by atoms with Crippen LogP contribution in [0.5, 0.6) is 0 Å². The number of halogens is 1. The molecule has 0 aromatic heterocycles. The molecule has 76 valence electrons. The Balaban J connectivity index is 2.12. The van der Waals surface area contributed by atoms with Crippen LogP contribution >= 0.6 is 22.6 Å². The average Bonchev–Trinajstić information content (AvgIpc) is 2.09. The highest BCUT2D eigenvalue weighted by atomic mass is 127. The molecule has 0 aromatic carbocycles. The van der Waals surface area contributed by atoms with Crippen molar-refractivity contribution in [3.63, 3.8) is 0 Å². The normalized spacial score (nSPS) is 52.2. The van der Waals surface area contributed by atoms with Crippen molar-refractivity contribution in [1.82, 2.24) is 5.06 Å². The summed E-state index contributed by atoms with van der Waals surface area (Å²) in [5, 5.41) is 11.4. The van der Waals surface area contributed by atoms with Gasteiger partial charge in [-0.15, -0.1) is 0 Å². The van der Waals surface area contributed by atoms with Crippen LogP contribution in [0.2, 0.25) is 0 Å². The smallest absolute Gasteiger partial charge is 0.0359 e. The zero-order valence-electron chi connectivity index (χ0n) is 8.28. The Bertz CT molecular complexity index is 175. The molecular weight excluding hydrogens is 277 g/mol. The van der Waals surface area contributed by atoms with Crippen LogP contribution in [0.4, 0.5) is 0 Å². The molecule has 2 bridgehead atoms. The topological polar surface area (TPSA) is 23.5 Å². The molecule has 13 heavy (non-hydrogen) atoms. The molecule has 0 radical (unpaired) electrons. The maximum Gasteiger partial charge on any atom is 0.0359 e. The van der Waals surface area contributed by atoms with Crippen molar-refractivity contribution in [3.05, 3.63) is 0 Å². The maximum absolute atomic E-state index is 9.82. The van der Waals surface area contributed by atoms with Crippen LogP contribution in [0.3, 0.4) is 0 Å². The molecule has 2 fully saturated rings. The van der Waals surface area contributed by atoms with Crippen LogP contribution in [0, 0.1) is 11.8 Å². The van der Waals surface area contributed by atoms with Gasteiger partial charge in [0, 0.05) is 16.0 Å². The van der Waals surface area contributed by atoms with Crippen LogP contribution < -0.4 is 0 Å². The highest BCUT2D eigenvalue weighted by Gasteiger charge is 2.42. The fourth-order valence-corrected chi connectivity index (χ4v) is 3.83. The summed E-state index contributed by atoms with van der Waals surface area (Å²) >= 11 is 2.61. The van der Waals surface area contributed by atoms with Gasteiger partial charge in [0.15, 0.2) is 0 Å². The van der Waals surface area contributed by atoms with Crippen LogP contribution in [0.25, 0.3) is 0 Å². The van der Waals surface area contributed by atoms with Gasteiger partial charge in [0.1, 0.15) is 0 Å². The van der Waals surface area contributed by atoms with Gasteiger partial charge < -0.3 is 5.21 Å². The first-order chi connectivity index (χ1) is 6.09. The zero-order valence-corrected chi connectivity index (χ0v) is 10.4. The summed E-state index contributed by atoms with van der Waals surface area (Å²) in [6.45, 7) is 4.46. The third kappa shape index (κ3) is 1.75. The highest BCUT2D eigenvalue weighted by molar-refractivity contribution is 14.1. The molecule has 0 aromatic rings. The molecule has 1 saturated heterocycles. The first kappa shape index (κ1) is 10.2. The van der Waals surface area contributed by atoms with E-state index in [9.17, 15) is 5.21 Å². The maximum atomic E-state index is 9.82. The standard InChI is InChI=1S/C10H18INO/c1-6-3-9-5-8(10(6)11)4-7(2)12(9)13/h6-10,13H,3-5H2,1-2H3. The lowest BCUT2D eigenvalue weighted by atomic mass is 9.73. The van der Waals surface area contributed by atoms with E-state index in [-0.39, 0.29) is 0 Å². The number of rotatable bonds is 0. The summed E-state index contributed by atoms with van der Waals surface area (Å²) < 4.78 is 0.824. The van der Waals surface area contributed by atoms with E-state index in [2.05, 4.69) is 36.4 Å². The van der Waals surface area contributed by atoms with E-state index < -0.39 is 0 Å². The first-order valence-corrected chi connectivity index (χ1v) is 6.45. The van der Waals surface area contributed by atoms with Crippen molar-refractivity contribution in [3.8, 4) is 0 Å². The van der Waals surface area contributed by atoms with Gasteiger partial charge in [-0.3, -0.25) is 0 Å².